The Morgan fingerprint density at radius 3 is 1.76 bits per heavy atom. The minimum absolute atomic E-state index is 0.971. The molecular formula is C44H30S. The highest BCUT2D eigenvalue weighted by Gasteiger charge is 2.16. The molecule has 212 valence electrons. The summed E-state index contributed by atoms with van der Waals surface area (Å²) in [5.41, 5.74) is 7.85. The lowest BCUT2D eigenvalue weighted by Crippen LogP contribution is -1.92. The molecule has 0 N–H and O–H groups in total. The molecule has 9 rings (SSSR count). The minimum atomic E-state index is 0.971. The maximum Gasteiger partial charge on any atom is 0.0427 e. The maximum atomic E-state index is 2.43. The summed E-state index contributed by atoms with van der Waals surface area (Å²) in [5, 5.41) is 11.8. The zero-order valence-corrected chi connectivity index (χ0v) is 25.9. The van der Waals surface area contributed by atoms with Gasteiger partial charge in [-0.15, -0.1) is 11.3 Å². The first kappa shape index (κ1) is 26.2. The summed E-state index contributed by atoms with van der Waals surface area (Å²) < 4.78 is 1.37. The van der Waals surface area contributed by atoms with E-state index in [-0.39, 0.29) is 0 Å². The molecule has 0 aliphatic heterocycles. The van der Waals surface area contributed by atoms with Crippen LogP contribution in [-0.2, 0) is 6.42 Å². The second kappa shape index (κ2) is 10.4. The molecule has 0 spiro atoms. The van der Waals surface area contributed by atoms with Gasteiger partial charge in [0.2, 0.25) is 0 Å². The summed E-state index contributed by atoms with van der Waals surface area (Å²) in [6.07, 6.45) is 0.971. The lowest BCUT2D eigenvalue weighted by molar-refractivity contribution is 1.15. The van der Waals surface area contributed by atoms with E-state index in [1.54, 1.807) is 0 Å². The van der Waals surface area contributed by atoms with Crippen LogP contribution in [0.5, 0.6) is 0 Å². The van der Waals surface area contributed by atoms with Gasteiger partial charge in [-0.05, 0) is 106 Å². The maximum absolute atomic E-state index is 2.43. The van der Waals surface area contributed by atoms with Crippen molar-refractivity contribution in [3.8, 4) is 32.7 Å². The zero-order chi connectivity index (χ0) is 29.9. The number of hydrogen-bond acceptors (Lipinski definition) is 1. The van der Waals surface area contributed by atoms with Crippen molar-refractivity contribution in [3.05, 3.63) is 157 Å². The normalized spacial score (nSPS) is 11.8. The van der Waals surface area contributed by atoms with Crippen LogP contribution in [0.15, 0.2) is 152 Å². The molecule has 0 atom stereocenters. The molecule has 0 fully saturated rings. The molecule has 0 unspecified atom stereocenters. The standard InChI is InChI=1S/C44H30S/c1-2-33-34(17-10-18-40(33)43-27-32-20-19-29-13-6-7-14-35(29)44(32)45-43)31-22-24-39-38-23-21-30(28-11-4-3-5-12-28)25-41(38)36-15-8-9-16-37(36)42(39)26-31/h3-27H,2H2,1H3. The second-order valence-electron chi connectivity index (χ2n) is 11.9. The predicted octanol–water partition coefficient (Wildman–Crippen LogP) is 13.1. The molecular weight excluding hydrogens is 561 g/mol. The Morgan fingerprint density at radius 2 is 1.00 bits per heavy atom. The van der Waals surface area contributed by atoms with Crippen LogP contribution in [0.1, 0.15) is 12.5 Å². The number of hydrogen-bond donors (Lipinski definition) is 0. The first-order valence-corrected chi connectivity index (χ1v) is 16.6. The topological polar surface area (TPSA) is 0 Å². The molecule has 0 saturated carbocycles. The highest BCUT2D eigenvalue weighted by atomic mass is 32.1. The van der Waals surface area contributed by atoms with Gasteiger partial charge in [0.05, 0.1) is 0 Å². The Labute approximate surface area is 266 Å². The third-order valence-electron chi connectivity index (χ3n) is 9.46. The summed E-state index contributed by atoms with van der Waals surface area (Å²) >= 11 is 1.92. The summed E-state index contributed by atoms with van der Waals surface area (Å²) in [5.74, 6) is 0. The van der Waals surface area contributed by atoms with Crippen molar-refractivity contribution in [1.82, 2.24) is 0 Å². The quantitative estimate of drug-likeness (QED) is 0.179. The van der Waals surface area contributed by atoms with Crippen molar-refractivity contribution in [2.24, 2.45) is 0 Å². The first-order chi connectivity index (χ1) is 22.3. The van der Waals surface area contributed by atoms with Crippen LogP contribution in [0, 0.1) is 0 Å². The SMILES string of the molecule is CCc1c(-c2ccc3c4ccc(-c5ccccc5)cc4c4ccccc4c3c2)cccc1-c1cc2ccc3ccccc3c2s1. The van der Waals surface area contributed by atoms with Crippen molar-refractivity contribution in [1.29, 1.82) is 0 Å². The molecule has 0 amide bonds. The van der Waals surface area contributed by atoms with Crippen molar-refractivity contribution in [3.63, 3.8) is 0 Å². The summed E-state index contributed by atoms with van der Waals surface area (Å²) in [6, 6.07) is 56.1. The van der Waals surface area contributed by atoms with Gasteiger partial charge in [-0.2, -0.15) is 0 Å². The van der Waals surface area contributed by atoms with E-state index in [0.717, 1.165) is 6.42 Å². The Bertz CT molecular complexity index is 2550. The van der Waals surface area contributed by atoms with Gasteiger partial charge in [-0.1, -0.05) is 140 Å². The molecule has 0 bridgehead atoms. The minimum Gasteiger partial charge on any atom is -0.135 e. The van der Waals surface area contributed by atoms with Crippen LogP contribution in [0.4, 0.5) is 0 Å². The largest absolute Gasteiger partial charge is 0.135 e. The number of rotatable bonds is 4. The number of fused-ring (bicyclic) bond motifs is 9. The summed E-state index contributed by atoms with van der Waals surface area (Å²) in [4.78, 5) is 1.34. The first-order valence-electron chi connectivity index (χ1n) is 15.7. The van der Waals surface area contributed by atoms with E-state index >= 15 is 0 Å². The van der Waals surface area contributed by atoms with Gasteiger partial charge in [0, 0.05) is 9.58 Å². The summed E-state index contributed by atoms with van der Waals surface area (Å²) in [6.45, 7) is 2.29. The van der Waals surface area contributed by atoms with Crippen molar-refractivity contribution in [2.75, 3.05) is 0 Å². The van der Waals surface area contributed by atoms with Gasteiger partial charge < -0.3 is 0 Å². The van der Waals surface area contributed by atoms with Gasteiger partial charge in [-0.25, -0.2) is 0 Å². The highest BCUT2D eigenvalue weighted by Crippen LogP contribution is 2.43. The van der Waals surface area contributed by atoms with E-state index in [9.17, 15) is 0 Å². The van der Waals surface area contributed by atoms with Gasteiger partial charge in [-0.3, -0.25) is 0 Å². The van der Waals surface area contributed by atoms with Crippen LogP contribution in [0.3, 0.4) is 0 Å². The Hall–Kier alpha value is -5.24. The lowest BCUT2D eigenvalue weighted by Gasteiger charge is -2.16. The van der Waals surface area contributed by atoms with Gasteiger partial charge in [0.15, 0.2) is 0 Å². The molecule has 8 aromatic carbocycles. The molecule has 0 radical (unpaired) electrons. The van der Waals surface area contributed by atoms with Crippen LogP contribution >= 0.6 is 11.3 Å². The van der Waals surface area contributed by atoms with Gasteiger partial charge >= 0.3 is 0 Å². The average Bonchev–Trinajstić information content (AvgIpc) is 3.56. The van der Waals surface area contributed by atoms with E-state index in [1.165, 1.54) is 91.4 Å². The predicted molar refractivity (Wildman–Crippen MR) is 198 cm³/mol. The van der Waals surface area contributed by atoms with Crippen molar-refractivity contribution < 1.29 is 0 Å². The molecule has 0 aliphatic rings. The zero-order valence-electron chi connectivity index (χ0n) is 25.0. The van der Waals surface area contributed by atoms with Crippen molar-refractivity contribution >= 4 is 64.5 Å². The average molecular weight is 591 g/mol. The smallest absolute Gasteiger partial charge is 0.0427 e. The van der Waals surface area contributed by atoms with Crippen LogP contribution < -0.4 is 0 Å². The van der Waals surface area contributed by atoms with Crippen LogP contribution in [0.25, 0.3) is 85.9 Å². The van der Waals surface area contributed by atoms with Gasteiger partial charge in [0.1, 0.15) is 0 Å². The van der Waals surface area contributed by atoms with E-state index < -0.39 is 0 Å². The third kappa shape index (κ3) is 4.19. The molecule has 45 heavy (non-hydrogen) atoms. The molecule has 1 aromatic heterocycles. The number of benzene rings is 8. The van der Waals surface area contributed by atoms with Gasteiger partial charge in [0.25, 0.3) is 0 Å². The fourth-order valence-corrected chi connectivity index (χ4v) is 8.55. The van der Waals surface area contributed by atoms with E-state index in [4.69, 9.17) is 0 Å². The van der Waals surface area contributed by atoms with E-state index in [2.05, 4.69) is 159 Å². The highest BCUT2D eigenvalue weighted by molar-refractivity contribution is 7.23. The fraction of sp³-hybridized carbons (Fsp3) is 0.0455. The van der Waals surface area contributed by atoms with E-state index in [1.807, 2.05) is 11.3 Å². The monoisotopic (exact) mass is 590 g/mol. The molecule has 1 heteroatoms. The second-order valence-corrected chi connectivity index (χ2v) is 13.0. The Balaban J connectivity index is 1.23. The molecule has 0 saturated heterocycles. The lowest BCUT2D eigenvalue weighted by atomic mass is 9.88. The molecule has 0 nitrogen and oxygen atoms in total. The van der Waals surface area contributed by atoms with E-state index in [0.29, 0.717) is 0 Å². The third-order valence-corrected chi connectivity index (χ3v) is 10.7. The summed E-state index contributed by atoms with van der Waals surface area (Å²) in [7, 11) is 0. The van der Waals surface area contributed by atoms with Crippen LogP contribution in [-0.4, -0.2) is 0 Å². The molecule has 0 aliphatic carbocycles. The van der Waals surface area contributed by atoms with Crippen LogP contribution in [0.2, 0.25) is 0 Å². The van der Waals surface area contributed by atoms with Crippen molar-refractivity contribution in [2.45, 2.75) is 13.3 Å². The molecule has 1 heterocycles. The fourth-order valence-electron chi connectivity index (χ4n) is 7.30. The Morgan fingerprint density at radius 1 is 0.400 bits per heavy atom. The molecule has 9 aromatic rings. The number of thiophene rings is 1. The Kier molecular flexibility index (Phi) is 6.07.